The monoisotopic (exact) mass is 292 g/mol. The van der Waals surface area contributed by atoms with Crippen LogP contribution < -0.4 is 5.84 Å². The van der Waals surface area contributed by atoms with Gasteiger partial charge >= 0.3 is 0 Å². The molecule has 0 unspecified atom stereocenters. The summed E-state index contributed by atoms with van der Waals surface area (Å²) >= 11 is 1.64. The number of rotatable bonds is 3. The summed E-state index contributed by atoms with van der Waals surface area (Å²) in [6, 6.07) is 0. The third-order valence-electron chi connectivity index (χ3n) is 3.57. The first kappa shape index (κ1) is 15.2. The van der Waals surface area contributed by atoms with E-state index < -0.39 is 0 Å². The topological polar surface area (TPSA) is 55.5 Å². The van der Waals surface area contributed by atoms with E-state index in [0.29, 0.717) is 6.42 Å². The molecule has 0 amide bonds. The van der Waals surface area contributed by atoms with Crippen molar-refractivity contribution in [2.24, 2.45) is 21.8 Å². The molecule has 1 heterocycles. The molecule has 0 spiro atoms. The van der Waals surface area contributed by atoms with Crippen molar-refractivity contribution >= 4 is 23.3 Å². The van der Waals surface area contributed by atoms with Gasteiger partial charge in [-0.25, -0.2) is 0 Å². The van der Waals surface area contributed by atoms with E-state index in [-0.39, 0.29) is 16.6 Å². The van der Waals surface area contributed by atoms with Crippen LogP contribution in [-0.2, 0) is 12.8 Å². The maximum absolute atomic E-state index is 12.5. The van der Waals surface area contributed by atoms with Crippen LogP contribution in [0.4, 0.5) is 0 Å². The number of hydrogen-bond donors (Lipinski definition) is 1. The second-order valence-electron chi connectivity index (χ2n) is 7.70. The number of fused-ring (bicyclic) bond motifs is 1. The van der Waals surface area contributed by atoms with Crippen molar-refractivity contribution in [3.63, 3.8) is 0 Å². The van der Waals surface area contributed by atoms with Crippen LogP contribution in [0.25, 0.3) is 0 Å². The Kier molecular flexibility index (Phi) is 3.80. The molecule has 0 fully saturated rings. The predicted octanol–water partition coefficient (Wildman–Crippen LogP) is 3.78. The number of hydrazone groups is 1. The first-order valence-corrected chi connectivity index (χ1v) is 7.86. The SMILES string of the molecule is CC(C)(C)CC(=O)c1sc2c(c1/C=N/N)CC(C)(C)C2. The minimum atomic E-state index is 0.00190. The zero-order valence-corrected chi connectivity index (χ0v) is 13.9. The fourth-order valence-electron chi connectivity index (χ4n) is 2.82. The number of Topliss-reactive ketones (excluding diaryl/α,β-unsaturated/α-hetero) is 1. The van der Waals surface area contributed by atoms with Crippen molar-refractivity contribution in [3.05, 3.63) is 20.9 Å². The molecule has 0 bridgehead atoms. The second kappa shape index (κ2) is 4.99. The fraction of sp³-hybridized carbons (Fsp3) is 0.625. The van der Waals surface area contributed by atoms with E-state index >= 15 is 0 Å². The number of carbonyl (C=O) groups is 1. The standard InChI is InChI=1S/C16H24N2OS/c1-15(2,3)7-12(19)14-11(9-18-17)10-6-16(4,5)8-13(10)20-14/h9H,6-8,17H2,1-5H3/b18-9+. The number of thiophene rings is 1. The van der Waals surface area contributed by atoms with Gasteiger partial charge in [-0.15, -0.1) is 11.3 Å². The molecule has 0 saturated carbocycles. The molecule has 0 radical (unpaired) electrons. The quantitative estimate of drug-likeness (QED) is 0.399. The zero-order chi connectivity index (χ0) is 15.1. The summed E-state index contributed by atoms with van der Waals surface area (Å²) in [7, 11) is 0. The van der Waals surface area contributed by atoms with Gasteiger partial charge in [-0.2, -0.15) is 5.10 Å². The molecule has 0 aliphatic heterocycles. The molecule has 0 saturated heterocycles. The average Bonchev–Trinajstić information content (AvgIpc) is 2.70. The molecule has 0 atom stereocenters. The normalized spacial score (nSPS) is 17.6. The van der Waals surface area contributed by atoms with E-state index in [1.165, 1.54) is 10.4 Å². The Hall–Kier alpha value is -1.16. The summed E-state index contributed by atoms with van der Waals surface area (Å²) in [5, 5.41) is 3.67. The highest BCUT2D eigenvalue weighted by atomic mass is 32.1. The lowest BCUT2D eigenvalue weighted by Gasteiger charge is -2.18. The third kappa shape index (κ3) is 3.11. The van der Waals surface area contributed by atoms with Gasteiger partial charge in [0.1, 0.15) is 0 Å². The Balaban J connectivity index is 2.39. The van der Waals surface area contributed by atoms with Crippen molar-refractivity contribution < 1.29 is 4.79 Å². The van der Waals surface area contributed by atoms with Gasteiger partial charge in [-0.1, -0.05) is 34.6 Å². The number of carbonyl (C=O) groups excluding carboxylic acids is 1. The van der Waals surface area contributed by atoms with Gasteiger partial charge in [0.25, 0.3) is 0 Å². The highest BCUT2D eigenvalue weighted by Crippen LogP contribution is 2.43. The van der Waals surface area contributed by atoms with Crippen LogP contribution in [-0.4, -0.2) is 12.0 Å². The molecule has 20 heavy (non-hydrogen) atoms. The van der Waals surface area contributed by atoms with E-state index in [1.807, 2.05) is 0 Å². The van der Waals surface area contributed by atoms with Gasteiger partial charge < -0.3 is 5.84 Å². The fourth-order valence-corrected chi connectivity index (χ4v) is 4.31. The minimum Gasteiger partial charge on any atom is -0.323 e. The molecule has 3 nitrogen and oxygen atoms in total. The predicted molar refractivity (Wildman–Crippen MR) is 85.7 cm³/mol. The van der Waals surface area contributed by atoms with Crippen LogP contribution in [0.15, 0.2) is 5.10 Å². The third-order valence-corrected chi connectivity index (χ3v) is 4.86. The summed E-state index contributed by atoms with van der Waals surface area (Å²) < 4.78 is 0. The highest BCUT2D eigenvalue weighted by Gasteiger charge is 2.35. The van der Waals surface area contributed by atoms with Crippen LogP contribution in [0.3, 0.4) is 0 Å². The number of nitrogens with two attached hydrogens (primary N) is 1. The number of hydrogen-bond acceptors (Lipinski definition) is 4. The van der Waals surface area contributed by atoms with E-state index in [2.05, 4.69) is 39.7 Å². The van der Waals surface area contributed by atoms with Crippen LogP contribution in [0.2, 0.25) is 0 Å². The lowest BCUT2D eigenvalue weighted by molar-refractivity contribution is 0.0943. The van der Waals surface area contributed by atoms with Crippen molar-refractivity contribution in [2.75, 3.05) is 0 Å². The summed E-state index contributed by atoms with van der Waals surface area (Å²) in [5.41, 5.74) is 2.53. The lowest BCUT2D eigenvalue weighted by atomic mass is 9.88. The molecular formula is C16H24N2OS. The number of ketones is 1. The Labute approximate surface area is 125 Å². The van der Waals surface area contributed by atoms with E-state index in [1.54, 1.807) is 17.6 Å². The highest BCUT2D eigenvalue weighted by molar-refractivity contribution is 7.14. The van der Waals surface area contributed by atoms with Gasteiger partial charge in [0, 0.05) is 16.9 Å². The molecule has 2 N–H and O–H groups in total. The molecule has 1 aromatic rings. The first-order valence-electron chi connectivity index (χ1n) is 7.04. The van der Waals surface area contributed by atoms with Crippen LogP contribution in [0.1, 0.15) is 66.7 Å². The van der Waals surface area contributed by atoms with E-state index in [9.17, 15) is 4.79 Å². The molecule has 4 heteroatoms. The average molecular weight is 292 g/mol. The molecule has 1 aliphatic rings. The number of nitrogens with zero attached hydrogens (tertiary/aromatic N) is 1. The Morgan fingerprint density at radius 2 is 2.05 bits per heavy atom. The Morgan fingerprint density at radius 3 is 2.60 bits per heavy atom. The largest absolute Gasteiger partial charge is 0.323 e. The molecule has 1 aromatic heterocycles. The van der Waals surface area contributed by atoms with Crippen molar-refractivity contribution in [2.45, 2.75) is 53.9 Å². The van der Waals surface area contributed by atoms with Gasteiger partial charge in [0.2, 0.25) is 0 Å². The van der Waals surface area contributed by atoms with Crippen LogP contribution in [0.5, 0.6) is 0 Å². The van der Waals surface area contributed by atoms with Gasteiger partial charge in [-0.3, -0.25) is 4.79 Å². The maximum atomic E-state index is 12.5. The first-order chi connectivity index (χ1) is 9.13. The molecular weight excluding hydrogens is 268 g/mol. The van der Waals surface area contributed by atoms with Gasteiger partial charge in [0.05, 0.1) is 11.1 Å². The van der Waals surface area contributed by atoms with Crippen LogP contribution in [0, 0.1) is 10.8 Å². The summed E-state index contributed by atoms with van der Waals surface area (Å²) in [5.74, 6) is 5.55. The summed E-state index contributed by atoms with van der Waals surface area (Å²) in [4.78, 5) is 14.7. The van der Waals surface area contributed by atoms with Crippen molar-refractivity contribution in [1.82, 2.24) is 0 Å². The van der Waals surface area contributed by atoms with Crippen molar-refractivity contribution in [1.29, 1.82) is 0 Å². The second-order valence-corrected chi connectivity index (χ2v) is 8.81. The summed E-state index contributed by atoms with van der Waals surface area (Å²) in [6.45, 7) is 10.8. The molecule has 1 aliphatic carbocycles. The van der Waals surface area contributed by atoms with E-state index in [0.717, 1.165) is 23.3 Å². The minimum absolute atomic E-state index is 0.00190. The summed E-state index contributed by atoms with van der Waals surface area (Å²) in [6.07, 6.45) is 4.26. The van der Waals surface area contributed by atoms with E-state index in [4.69, 9.17) is 5.84 Å². The Bertz CT molecular complexity index is 562. The van der Waals surface area contributed by atoms with Crippen molar-refractivity contribution in [3.8, 4) is 0 Å². The smallest absolute Gasteiger partial charge is 0.173 e. The van der Waals surface area contributed by atoms with Gasteiger partial charge in [0.15, 0.2) is 5.78 Å². The molecule has 0 aromatic carbocycles. The van der Waals surface area contributed by atoms with Gasteiger partial charge in [-0.05, 0) is 29.2 Å². The lowest BCUT2D eigenvalue weighted by Crippen LogP contribution is -2.15. The molecule has 110 valence electrons. The van der Waals surface area contributed by atoms with Crippen LogP contribution >= 0.6 is 11.3 Å². The molecule has 2 rings (SSSR count). The Morgan fingerprint density at radius 1 is 1.40 bits per heavy atom. The zero-order valence-electron chi connectivity index (χ0n) is 13.0. The maximum Gasteiger partial charge on any atom is 0.173 e.